The molecule has 1 aromatic rings. The van der Waals surface area contributed by atoms with Gasteiger partial charge >= 0.3 is 5.97 Å². The number of alkyl halides is 2. The number of furan rings is 1. The molecule has 0 radical (unpaired) electrons. The van der Waals surface area contributed by atoms with Crippen LogP contribution in [0.25, 0.3) is 0 Å². The molecule has 19 heavy (non-hydrogen) atoms. The summed E-state index contributed by atoms with van der Waals surface area (Å²) in [6, 6.07) is 1.14. The number of nitrogens with one attached hydrogen (secondary N) is 1. The number of aliphatic hydroxyl groups excluding tert-OH is 1. The van der Waals surface area contributed by atoms with Crippen LogP contribution in [0.4, 0.5) is 8.78 Å². The van der Waals surface area contributed by atoms with Crippen LogP contribution in [0.1, 0.15) is 16.3 Å². The number of halogens is 2. The van der Waals surface area contributed by atoms with Gasteiger partial charge in [0.05, 0.1) is 12.4 Å². The zero-order valence-electron chi connectivity index (χ0n) is 9.51. The Morgan fingerprint density at radius 3 is 2.63 bits per heavy atom. The molecule has 0 spiro atoms. The lowest BCUT2D eigenvalue weighted by Crippen LogP contribution is -2.43. The fourth-order valence-electron chi connectivity index (χ4n) is 1.14. The summed E-state index contributed by atoms with van der Waals surface area (Å²) in [7, 11) is 0. The minimum Gasteiger partial charge on any atom is -0.480 e. The van der Waals surface area contributed by atoms with E-state index in [0.29, 0.717) is 11.8 Å². The van der Waals surface area contributed by atoms with E-state index in [-0.39, 0.29) is 17.3 Å². The van der Waals surface area contributed by atoms with Gasteiger partial charge in [0.25, 0.3) is 11.7 Å². The summed E-state index contributed by atoms with van der Waals surface area (Å²) >= 11 is 0.340. The van der Waals surface area contributed by atoms with Gasteiger partial charge in [-0.25, -0.2) is 4.79 Å². The summed E-state index contributed by atoms with van der Waals surface area (Å²) in [6.07, 6.45) is 0. The smallest absolute Gasteiger partial charge is 0.328 e. The highest BCUT2D eigenvalue weighted by molar-refractivity contribution is 7.98. The highest BCUT2D eigenvalue weighted by Gasteiger charge is 2.21. The number of carbonyl (C=O) groups is 2. The van der Waals surface area contributed by atoms with Gasteiger partial charge in [-0.2, -0.15) is 8.78 Å². The Hall–Kier alpha value is -1.61. The Kier molecular flexibility index (Phi) is 5.77. The van der Waals surface area contributed by atoms with Gasteiger partial charge in [-0.15, -0.1) is 0 Å². The highest BCUT2D eigenvalue weighted by Crippen LogP contribution is 2.21. The number of carbonyl (C=O) groups excluding carboxylic acids is 1. The zero-order chi connectivity index (χ0) is 14.4. The third kappa shape index (κ3) is 4.87. The van der Waals surface area contributed by atoms with E-state index in [9.17, 15) is 18.4 Å². The van der Waals surface area contributed by atoms with Gasteiger partial charge in [-0.05, 0) is 12.1 Å². The number of rotatable bonds is 7. The molecule has 0 unspecified atom stereocenters. The number of hydrogen-bond acceptors (Lipinski definition) is 5. The van der Waals surface area contributed by atoms with Crippen LogP contribution in [0.2, 0.25) is 0 Å². The summed E-state index contributed by atoms with van der Waals surface area (Å²) in [6.45, 7) is -0.768. The molecule has 1 atom stereocenters. The second-order valence-electron chi connectivity index (χ2n) is 3.38. The third-order valence-electron chi connectivity index (χ3n) is 2.02. The molecule has 9 heteroatoms. The zero-order valence-corrected chi connectivity index (χ0v) is 10.3. The van der Waals surface area contributed by atoms with Crippen LogP contribution in [0.15, 0.2) is 16.5 Å². The van der Waals surface area contributed by atoms with Gasteiger partial charge in [-0.3, -0.25) is 4.79 Å². The van der Waals surface area contributed by atoms with E-state index < -0.39 is 30.3 Å². The number of thioether (sulfide) groups is 1. The molecule has 1 amide bonds. The number of carboxylic acid groups (broad SMARTS) is 1. The maximum Gasteiger partial charge on any atom is 0.328 e. The minimum absolute atomic E-state index is 0.104. The summed E-state index contributed by atoms with van der Waals surface area (Å²) in [5.41, 5.74) is 0. The Bertz CT molecular complexity index is 451. The largest absolute Gasteiger partial charge is 0.480 e. The monoisotopic (exact) mass is 295 g/mol. The van der Waals surface area contributed by atoms with E-state index in [0.717, 1.165) is 0 Å². The average molecular weight is 295 g/mol. The number of amides is 1. The van der Waals surface area contributed by atoms with Crippen molar-refractivity contribution < 1.29 is 33.0 Å². The summed E-state index contributed by atoms with van der Waals surface area (Å²) in [4.78, 5) is 22.1. The summed E-state index contributed by atoms with van der Waals surface area (Å²) in [5, 5.41) is 19.4. The minimum atomic E-state index is -2.55. The Morgan fingerprint density at radius 1 is 1.42 bits per heavy atom. The second-order valence-corrected chi connectivity index (χ2v) is 4.36. The highest BCUT2D eigenvalue weighted by atomic mass is 32.2. The van der Waals surface area contributed by atoms with Crippen LogP contribution in [-0.2, 0) is 10.5 Å². The van der Waals surface area contributed by atoms with Gasteiger partial charge in [0.2, 0.25) is 0 Å². The first-order chi connectivity index (χ1) is 8.93. The lowest BCUT2D eigenvalue weighted by Gasteiger charge is -2.09. The quantitative estimate of drug-likeness (QED) is 0.691. The fraction of sp³-hybridized carbons (Fsp3) is 0.400. The molecule has 0 saturated heterocycles. The molecule has 1 aromatic heterocycles. The first kappa shape index (κ1) is 15.4. The number of carboxylic acids is 1. The molecule has 0 aliphatic rings. The maximum absolute atomic E-state index is 11.9. The number of aliphatic carboxylic acids is 1. The molecule has 3 N–H and O–H groups in total. The fourth-order valence-corrected chi connectivity index (χ4v) is 1.58. The number of aliphatic hydroxyl groups is 1. The molecule has 6 nitrogen and oxygen atoms in total. The number of hydrogen-bond donors (Lipinski definition) is 3. The van der Waals surface area contributed by atoms with Crippen molar-refractivity contribution in [3.63, 3.8) is 0 Å². The molecular weight excluding hydrogens is 284 g/mol. The molecule has 0 aliphatic carbocycles. The maximum atomic E-state index is 11.9. The van der Waals surface area contributed by atoms with Crippen molar-refractivity contribution >= 4 is 23.6 Å². The lowest BCUT2D eigenvalue weighted by molar-refractivity contribution is -0.140. The van der Waals surface area contributed by atoms with Gasteiger partial charge in [0.1, 0.15) is 5.76 Å². The SMILES string of the molecule is O=C(N[C@H](CO)C(=O)O)c1ccc(CSC(F)F)o1. The van der Waals surface area contributed by atoms with Crippen LogP contribution in [0, 0.1) is 0 Å². The Morgan fingerprint density at radius 2 is 2.11 bits per heavy atom. The van der Waals surface area contributed by atoms with E-state index >= 15 is 0 Å². The van der Waals surface area contributed by atoms with Gasteiger partial charge < -0.3 is 19.9 Å². The van der Waals surface area contributed by atoms with Crippen LogP contribution >= 0.6 is 11.8 Å². The summed E-state index contributed by atoms with van der Waals surface area (Å²) < 4.78 is 28.9. The van der Waals surface area contributed by atoms with Gasteiger partial charge in [0, 0.05) is 0 Å². The van der Waals surface area contributed by atoms with Crippen LogP contribution in [0.5, 0.6) is 0 Å². The van der Waals surface area contributed by atoms with Crippen molar-refractivity contribution in [3.05, 3.63) is 23.7 Å². The first-order valence-corrected chi connectivity index (χ1v) is 6.12. The van der Waals surface area contributed by atoms with Gasteiger partial charge in [0.15, 0.2) is 11.8 Å². The molecule has 106 valence electrons. The van der Waals surface area contributed by atoms with Crippen LogP contribution in [-0.4, -0.2) is 40.5 Å². The topological polar surface area (TPSA) is 99.8 Å². The molecule has 0 fully saturated rings. The van der Waals surface area contributed by atoms with Crippen molar-refractivity contribution in [1.29, 1.82) is 0 Å². The van der Waals surface area contributed by atoms with Crippen molar-refractivity contribution in [2.24, 2.45) is 0 Å². The van der Waals surface area contributed by atoms with E-state index in [1.807, 2.05) is 5.32 Å². The predicted molar refractivity (Wildman–Crippen MR) is 62.0 cm³/mol. The lowest BCUT2D eigenvalue weighted by atomic mass is 10.3. The van der Waals surface area contributed by atoms with E-state index in [2.05, 4.69) is 0 Å². The van der Waals surface area contributed by atoms with E-state index in [4.69, 9.17) is 14.6 Å². The molecule has 1 rings (SSSR count). The molecule has 0 aliphatic heterocycles. The summed E-state index contributed by atoms with van der Waals surface area (Å²) in [5.74, 6) is -4.91. The van der Waals surface area contributed by atoms with Crippen molar-refractivity contribution in [1.82, 2.24) is 5.32 Å². The van der Waals surface area contributed by atoms with Gasteiger partial charge in [-0.1, -0.05) is 11.8 Å². The molecule has 0 bridgehead atoms. The van der Waals surface area contributed by atoms with Crippen molar-refractivity contribution in [2.45, 2.75) is 17.6 Å². The van der Waals surface area contributed by atoms with Crippen LogP contribution < -0.4 is 5.32 Å². The Labute approximate surface area is 110 Å². The van der Waals surface area contributed by atoms with Crippen molar-refractivity contribution in [3.8, 4) is 0 Å². The van der Waals surface area contributed by atoms with Crippen molar-refractivity contribution in [2.75, 3.05) is 6.61 Å². The normalized spacial score (nSPS) is 12.4. The third-order valence-corrected chi connectivity index (χ3v) is 2.73. The van der Waals surface area contributed by atoms with E-state index in [1.165, 1.54) is 12.1 Å². The average Bonchev–Trinajstić information content (AvgIpc) is 2.81. The van der Waals surface area contributed by atoms with Crippen LogP contribution in [0.3, 0.4) is 0 Å². The molecule has 0 saturated carbocycles. The standard InChI is InChI=1S/C10H11F2NO5S/c11-10(12)19-4-5-1-2-7(18-5)8(15)13-6(3-14)9(16)17/h1-2,6,10,14H,3-4H2,(H,13,15)(H,16,17)/t6-/m1/s1. The predicted octanol–water partition coefficient (Wildman–Crippen LogP) is 0.911. The Balaban J connectivity index is 2.60. The second kappa shape index (κ2) is 7.10. The first-order valence-electron chi connectivity index (χ1n) is 5.07. The van der Waals surface area contributed by atoms with E-state index in [1.54, 1.807) is 0 Å². The molecule has 1 heterocycles. The molecule has 0 aromatic carbocycles. The molecular formula is C10H11F2NO5S.